The SMILES string of the molecule is Cl.NS(=O)(=O)N1CCc2ccc(Nc3ccnc4c3CCC(=O)N4)cc2C1. The van der Waals surface area contributed by atoms with E-state index >= 15 is 0 Å². The topological polar surface area (TPSA) is 117 Å². The summed E-state index contributed by atoms with van der Waals surface area (Å²) in [4.78, 5) is 15.8. The number of anilines is 3. The third-order valence-electron chi connectivity index (χ3n) is 4.74. The second-order valence-corrected chi connectivity index (χ2v) is 8.02. The fourth-order valence-electron chi connectivity index (χ4n) is 3.39. The van der Waals surface area contributed by atoms with Crippen molar-refractivity contribution < 1.29 is 13.2 Å². The molecule has 4 N–H and O–H groups in total. The number of carbonyl (C=O) groups is 1. The molecule has 0 bridgehead atoms. The molecule has 144 valence electrons. The Hall–Kier alpha value is -2.20. The minimum absolute atomic E-state index is 0. The van der Waals surface area contributed by atoms with Crippen LogP contribution in [0.1, 0.15) is 23.1 Å². The summed E-state index contributed by atoms with van der Waals surface area (Å²) in [6.45, 7) is 0.671. The number of aromatic nitrogens is 1. The Bertz CT molecular complexity index is 996. The quantitative estimate of drug-likeness (QED) is 0.713. The summed E-state index contributed by atoms with van der Waals surface area (Å²) < 4.78 is 24.5. The Morgan fingerprint density at radius 2 is 1.96 bits per heavy atom. The summed E-state index contributed by atoms with van der Waals surface area (Å²) in [6.07, 6.45) is 3.35. The van der Waals surface area contributed by atoms with Gasteiger partial charge in [0.2, 0.25) is 5.91 Å². The van der Waals surface area contributed by atoms with E-state index in [1.54, 1.807) is 6.20 Å². The third kappa shape index (κ3) is 4.06. The molecule has 1 amide bonds. The molecule has 27 heavy (non-hydrogen) atoms. The van der Waals surface area contributed by atoms with Crippen molar-refractivity contribution >= 4 is 45.7 Å². The van der Waals surface area contributed by atoms with E-state index < -0.39 is 10.2 Å². The number of hydrogen-bond acceptors (Lipinski definition) is 5. The average molecular weight is 410 g/mol. The normalized spacial score (nSPS) is 16.6. The van der Waals surface area contributed by atoms with E-state index in [0.29, 0.717) is 31.6 Å². The van der Waals surface area contributed by atoms with Gasteiger partial charge in [-0.05, 0) is 42.2 Å². The van der Waals surface area contributed by atoms with Crippen LogP contribution in [0.5, 0.6) is 0 Å². The molecular weight excluding hydrogens is 390 g/mol. The highest BCUT2D eigenvalue weighted by Crippen LogP contribution is 2.31. The number of amides is 1. The molecule has 2 aromatic rings. The van der Waals surface area contributed by atoms with E-state index in [1.807, 2.05) is 24.3 Å². The maximum Gasteiger partial charge on any atom is 0.277 e. The molecular formula is C17H20ClN5O3S. The van der Waals surface area contributed by atoms with E-state index in [0.717, 1.165) is 28.1 Å². The highest BCUT2D eigenvalue weighted by molar-refractivity contribution is 7.86. The third-order valence-corrected chi connectivity index (χ3v) is 5.77. The molecule has 10 heteroatoms. The highest BCUT2D eigenvalue weighted by Gasteiger charge is 2.24. The number of carbonyl (C=O) groups excluding carboxylic acids is 1. The lowest BCUT2D eigenvalue weighted by Gasteiger charge is -2.27. The maximum absolute atomic E-state index is 11.6. The fourth-order valence-corrected chi connectivity index (χ4v) is 4.05. The minimum Gasteiger partial charge on any atom is -0.355 e. The second-order valence-electron chi connectivity index (χ2n) is 6.47. The molecule has 0 fully saturated rings. The Labute approximate surface area is 163 Å². The van der Waals surface area contributed by atoms with Crippen LogP contribution in [-0.4, -0.2) is 30.2 Å². The summed E-state index contributed by atoms with van der Waals surface area (Å²) >= 11 is 0. The van der Waals surface area contributed by atoms with Gasteiger partial charge in [0.1, 0.15) is 5.82 Å². The van der Waals surface area contributed by atoms with E-state index in [-0.39, 0.29) is 24.9 Å². The highest BCUT2D eigenvalue weighted by atomic mass is 35.5. The molecule has 1 aromatic carbocycles. The number of nitrogens with two attached hydrogens (primary N) is 1. The first-order valence-corrected chi connectivity index (χ1v) is 9.85. The first-order valence-electron chi connectivity index (χ1n) is 8.34. The minimum atomic E-state index is -3.69. The summed E-state index contributed by atoms with van der Waals surface area (Å²) in [5, 5.41) is 11.4. The van der Waals surface area contributed by atoms with Crippen molar-refractivity contribution in [3.8, 4) is 0 Å². The zero-order valence-electron chi connectivity index (χ0n) is 14.4. The fraction of sp³-hybridized carbons (Fsp3) is 0.294. The van der Waals surface area contributed by atoms with Gasteiger partial charge in [-0.25, -0.2) is 10.1 Å². The molecule has 0 saturated heterocycles. The lowest BCUT2D eigenvalue weighted by Crippen LogP contribution is -2.40. The first-order chi connectivity index (χ1) is 12.4. The molecule has 1 aromatic heterocycles. The van der Waals surface area contributed by atoms with Crippen LogP contribution in [0.3, 0.4) is 0 Å². The van der Waals surface area contributed by atoms with E-state index in [4.69, 9.17) is 5.14 Å². The van der Waals surface area contributed by atoms with Crippen LogP contribution in [0.25, 0.3) is 0 Å². The molecule has 0 radical (unpaired) electrons. The van der Waals surface area contributed by atoms with Crippen LogP contribution in [0.4, 0.5) is 17.2 Å². The smallest absolute Gasteiger partial charge is 0.277 e. The van der Waals surface area contributed by atoms with Crippen LogP contribution in [0.2, 0.25) is 0 Å². The largest absolute Gasteiger partial charge is 0.355 e. The number of halogens is 1. The van der Waals surface area contributed by atoms with Crippen LogP contribution in [-0.2, 0) is 34.4 Å². The molecule has 0 unspecified atom stereocenters. The molecule has 0 aliphatic carbocycles. The van der Waals surface area contributed by atoms with Gasteiger partial charge >= 0.3 is 0 Å². The van der Waals surface area contributed by atoms with Gasteiger partial charge in [0.25, 0.3) is 10.2 Å². The van der Waals surface area contributed by atoms with E-state index in [9.17, 15) is 13.2 Å². The number of hydrogen-bond donors (Lipinski definition) is 3. The lowest BCUT2D eigenvalue weighted by atomic mass is 10.00. The Morgan fingerprint density at radius 3 is 2.74 bits per heavy atom. The predicted molar refractivity (Wildman–Crippen MR) is 105 cm³/mol. The molecule has 0 atom stereocenters. The summed E-state index contributed by atoms with van der Waals surface area (Å²) in [5.74, 6) is 0.559. The standard InChI is InChI=1S/C17H19N5O3S.ClH/c18-26(24,25)22-8-6-11-1-2-13(9-12(11)10-22)20-15-5-7-19-17-14(15)3-4-16(23)21-17;/h1-2,5,7,9H,3-4,6,8,10H2,(H2,18,24,25)(H2,19,20,21,23);1H. The monoisotopic (exact) mass is 409 g/mol. The predicted octanol–water partition coefficient (Wildman–Crippen LogP) is 1.69. The van der Waals surface area contributed by atoms with Crippen molar-refractivity contribution in [2.75, 3.05) is 17.2 Å². The molecule has 2 aliphatic rings. The number of nitrogens with zero attached hydrogens (tertiary/aromatic N) is 2. The Morgan fingerprint density at radius 1 is 1.15 bits per heavy atom. The summed E-state index contributed by atoms with van der Waals surface area (Å²) in [7, 11) is -3.69. The number of fused-ring (bicyclic) bond motifs is 2. The molecule has 8 nitrogen and oxygen atoms in total. The van der Waals surface area contributed by atoms with Gasteiger partial charge in [0, 0.05) is 42.6 Å². The van der Waals surface area contributed by atoms with Gasteiger partial charge in [-0.3, -0.25) is 4.79 Å². The van der Waals surface area contributed by atoms with E-state index in [2.05, 4.69) is 15.6 Å². The number of pyridine rings is 1. The molecule has 0 spiro atoms. The summed E-state index contributed by atoms with van der Waals surface area (Å²) in [5.41, 5.74) is 4.77. The number of benzene rings is 1. The van der Waals surface area contributed by atoms with Gasteiger partial charge in [0.15, 0.2) is 0 Å². The first kappa shape index (κ1) is 19.6. The van der Waals surface area contributed by atoms with Gasteiger partial charge in [-0.2, -0.15) is 12.7 Å². The molecule has 3 heterocycles. The van der Waals surface area contributed by atoms with Crippen molar-refractivity contribution in [2.45, 2.75) is 25.8 Å². The molecule has 4 rings (SSSR count). The average Bonchev–Trinajstić information content (AvgIpc) is 2.60. The number of rotatable bonds is 3. The van der Waals surface area contributed by atoms with Crippen molar-refractivity contribution in [2.24, 2.45) is 5.14 Å². The second kappa shape index (κ2) is 7.43. The van der Waals surface area contributed by atoms with Crippen molar-refractivity contribution in [1.82, 2.24) is 9.29 Å². The van der Waals surface area contributed by atoms with E-state index in [1.165, 1.54) is 4.31 Å². The van der Waals surface area contributed by atoms with Gasteiger partial charge in [-0.15, -0.1) is 12.4 Å². The van der Waals surface area contributed by atoms with Crippen LogP contribution in [0.15, 0.2) is 30.5 Å². The zero-order chi connectivity index (χ0) is 18.3. The van der Waals surface area contributed by atoms with Crippen LogP contribution >= 0.6 is 12.4 Å². The number of nitrogens with one attached hydrogen (secondary N) is 2. The summed E-state index contributed by atoms with van der Waals surface area (Å²) in [6, 6.07) is 7.79. The zero-order valence-corrected chi connectivity index (χ0v) is 16.1. The van der Waals surface area contributed by atoms with Crippen molar-refractivity contribution in [3.63, 3.8) is 0 Å². The molecule has 2 aliphatic heterocycles. The molecule has 0 saturated carbocycles. The van der Waals surface area contributed by atoms with Crippen molar-refractivity contribution in [1.29, 1.82) is 0 Å². The lowest BCUT2D eigenvalue weighted by molar-refractivity contribution is -0.116. The van der Waals surface area contributed by atoms with Crippen LogP contribution in [0, 0.1) is 0 Å². The van der Waals surface area contributed by atoms with Gasteiger partial charge < -0.3 is 10.6 Å². The van der Waals surface area contributed by atoms with Gasteiger partial charge in [-0.1, -0.05) is 6.07 Å². The maximum atomic E-state index is 11.6. The van der Waals surface area contributed by atoms with Gasteiger partial charge in [0.05, 0.1) is 0 Å². The Kier molecular flexibility index (Phi) is 5.38. The Balaban J connectivity index is 0.00000210. The van der Waals surface area contributed by atoms with Crippen molar-refractivity contribution in [3.05, 3.63) is 47.2 Å². The van der Waals surface area contributed by atoms with Crippen LogP contribution < -0.4 is 15.8 Å².